The van der Waals surface area contributed by atoms with Gasteiger partial charge in [-0.25, -0.2) is 0 Å². The molecule has 1 unspecified atom stereocenters. The summed E-state index contributed by atoms with van der Waals surface area (Å²) in [7, 11) is 0. The molecular weight excluding hydrogens is 228 g/mol. The summed E-state index contributed by atoms with van der Waals surface area (Å²) in [6.07, 6.45) is 4.11. The first-order chi connectivity index (χ1) is 8.61. The first-order valence-corrected chi connectivity index (χ1v) is 6.11. The van der Waals surface area contributed by atoms with Gasteiger partial charge in [-0.05, 0) is 36.6 Å². The highest BCUT2D eigenvalue weighted by atomic mass is 16.3. The molecule has 1 amide bonds. The van der Waals surface area contributed by atoms with Crippen molar-refractivity contribution >= 4 is 17.7 Å². The normalized spacial score (nSPS) is 12.6. The highest BCUT2D eigenvalue weighted by Gasteiger charge is 2.01. The molecule has 0 saturated heterocycles. The van der Waals surface area contributed by atoms with E-state index in [4.69, 9.17) is 5.73 Å². The molecule has 98 valence electrons. The van der Waals surface area contributed by atoms with Crippen molar-refractivity contribution in [2.75, 3.05) is 12.3 Å². The summed E-state index contributed by atoms with van der Waals surface area (Å²) in [5.74, 6) is -0.166. The van der Waals surface area contributed by atoms with Crippen LogP contribution in [-0.2, 0) is 4.79 Å². The number of nitrogen functional groups attached to an aromatic ring is 1. The van der Waals surface area contributed by atoms with Crippen molar-refractivity contribution in [2.24, 2.45) is 0 Å². The zero-order chi connectivity index (χ0) is 13.4. The van der Waals surface area contributed by atoms with Crippen LogP contribution in [0, 0.1) is 0 Å². The Labute approximate surface area is 108 Å². The van der Waals surface area contributed by atoms with Crippen LogP contribution in [0.15, 0.2) is 30.3 Å². The Bertz CT molecular complexity index is 416. The number of nitrogens with two attached hydrogens (primary N) is 1. The largest absolute Gasteiger partial charge is 0.399 e. The minimum absolute atomic E-state index is 0.166. The van der Waals surface area contributed by atoms with Crippen LogP contribution in [0.2, 0.25) is 0 Å². The van der Waals surface area contributed by atoms with Crippen LogP contribution in [0.4, 0.5) is 5.69 Å². The minimum Gasteiger partial charge on any atom is -0.399 e. The lowest BCUT2D eigenvalue weighted by molar-refractivity contribution is -0.116. The fourth-order valence-corrected chi connectivity index (χ4v) is 1.46. The van der Waals surface area contributed by atoms with E-state index in [1.165, 1.54) is 6.08 Å². The third-order valence-electron chi connectivity index (χ3n) is 2.59. The Hall–Kier alpha value is -1.81. The standard InChI is InChI=1S/C14H20N2O2/c1-2-13(17)8-9-16-14(18)7-6-11-4-3-5-12(15)10-11/h3-7,10,13,17H,2,8-9,15H2,1H3,(H,16,18)/b7-6+. The predicted molar refractivity (Wildman–Crippen MR) is 73.8 cm³/mol. The first kappa shape index (κ1) is 14.3. The van der Waals surface area contributed by atoms with Gasteiger partial charge in [-0.3, -0.25) is 4.79 Å². The van der Waals surface area contributed by atoms with Crippen LogP contribution in [0.25, 0.3) is 6.08 Å². The molecule has 1 aromatic carbocycles. The molecule has 1 rings (SSSR count). The molecule has 18 heavy (non-hydrogen) atoms. The van der Waals surface area contributed by atoms with E-state index in [9.17, 15) is 9.90 Å². The van der Waals surface area contributed by atoms with E-state index in [1.807, 2.05) is 19.1 Å². The number of nitrogens with one attached hydrogen (secondary N) is 1. The zero-order valence-electron chi connectivity index (χ0n) is 10.6. The molecule has 0 aliphatic heterocycles. The fraction of sp³-hybridized carbons (Fsp3) is 0.357. The van der Waals surface area contributed by atoms with Crippen LogP contribution in [0.3, 0.4) is 0 Å². The maximum absolute atomic E-state index is 11.5. The molecule has 0 saturated carbocycles. The Kier molecular flexibility index (Phi) is 5.94. The summed E-state index contributed by atoms with van der Waals surface area (Å²) in [6.45, 7) is 2.39. The Morgan fingerprint density at radius 2 is 2.33 bits per heavy atom. The van der Waals surface area contributed by atoms with Crippen molar-refractivity contribution in [3.05, 3.63) is 35.9 Å². The van der Waals surface area contributed by atoms with Crippen molar-refractivity contribution < 1.29 is 9.90 Å². The van der Waals surface area contributed by atoms with Gasteiger partial charge in [0, 0.05) is 18.3 Å². The number of aliphatic hydroxyl groups excluding tert-OH is 1. The van der Waals surface area contributed by atoms with Crippen molar-refractivity contribution in [3.63, 3.8) is 0 Å². The van der Waals surface area contributed by atoms with Crippen molar-refractivity contribution in [1.82, 2.24) is 5.32 Å². The molecule has 0 aliphatic rings. The number of carbonyl (C=O) groups excluding carboxylic acids is 1. The molecule has 0 aromatic heterocycles. The van der Waals surface area contributed by atoms with E-state index in [0.29, 0.717) is 25.1 Å². The van der Waals surface area contributed by atoms with Gasteiger partial charge in [0.25, 0.3) is 0 Å². The molecule has 0 bridgehead atoms. The quantitative estimate of drug-likeness (QED) is 0.528. The number of amides is 1. The van der Waals surface area contributed by atoms with Gasteiger partial charge < -0.3 is 16.2 Å². The molecular formula is C14H20N2O2. The van der Waals surface area contributed by atoms with Gasteiger partial charge in [0.05, 0.1) is 6.10 Å². The van der Waals surface area contributed by atoms with Crippen LogP contribution in [0.1, 0.15) is 25.3 Å². The van der Waals surface area contributed by atoms with E-state index < -0.39 is 0 Å². The lowest BCUT2D eigenvalue weighted by Gasteiger charge is -2.07. The second kappa shape index (κ2) is 7.50. The Morgan fingerprint density at radius 3 is 3.00 bits per heavy atom. The monoisotopic (exact) mass is 248 g/mol. The number of carbonyl (C=O) groups is 1. The van der Waals surface area contributed by atoms with Crippen molar-refractivity contribution in [2.45, 2.75) is 25.9 Å². The second-order valence-corrected chi connectivity index (χ2v) is 4.15. The van der Waals surface area contributed by atoms with Gasteiger partial charge in [0.2, 0.25) is 5.91 Å². The molecule has 1 aromatic rings. The average molecular weight is 248 g/mol. The third kappa shape index (κ3) is 5.50. The highest BCUT2D eigenvalue weighted by molar-refractivity contribution is 5.91. The maximum Gasteiger partial charge on any atom is 0.244 e. The Balaban J connectivity index is 2.36. The lowest BCUT2D eigenvalue weighted by atomic mass is 10.2. The molecule has 0 aliphatic carbocycles. The summed E-state index contributed by atoms with van der Waals surface area (Å²) < 4.78 is 0. The number of anilines is 1. The van der Waals surface area contributed by atoms with Gasteiger partial charge in [0.1, 0.15) is 0 Å². The zero-order valence-corrected chi connectivity index (χ0v) is 10.6. The van der Waals surface area contributed by atoms with Crippen molar-refractivity contribution in [1.29, 1.82) is 0 Å². The SMILES string of the molecule is CCC(O)CCNC(=O)/C=C/c1cccc(N)c1. The highest BCUT2D eigenvalue weighted by Crippen LogP contribution is 2.07. The number of rotatable bonds is 6. The molecule has 0 fully saturated rings. The number of hydrogen-bond donors (Lipinski definition) is 3. The molecule has 0 radical (unpaired) electrons. The van der Waals surface area contributed by atoms with Crippen LogP contribution >= 0.6 is 0 Å². The van der Waals surface area contributed by atoms with Crippen LogP contribution < -0.4 is 11.1 Å². The molecule has 1 atom stereocenters. The summed E-state index contributed by atoms with van der Waals surface area (Å²) in [5, 5.41) is 12.0. The van der Waals surface area contributed by atoms with Crippen molar-refractivity contribution in [3.8, 4) is 0 Å². The van der Waals surface area contributed by atoms with Gasteiger partial charge in [-0.1, -0.05) is 19.1 Å². The van der Waals surface area contributed by atoms with E-state index in [-0.39, 0.29) is 12.0 Å². The second-order valence-electron chi connectivity index (χ2n) is 4.15. The van der Waals surface area contributed by atoms with Gasteiger partial charge in [-0.2, -0.15) is 0 Å². The van der Waals surface area contributed by atoms with E-state index in [2.05, 4.69) is 5.32 Å². The van der Waals surface area contributed by atoms with Gasteiger partial charge in [-0.15, -0.1) is 0 Å². The Morgan fingerprint density at radius 1 is 1.56 bits per heavy atom. The topological polar surface area (TPSA) is 75.3 Å². The molecule has 0 spiro atoms. The molecule has 0 heterocycles. The molecule has 4 N–H and O–H groups in total. The third-order valence-corrected chi connectivity index (χ3v) is 2.59. The summed E-state index contributed by atoms with van der Waals surface area (Å²) in [4.78, 5) is 11.5. The first-order valence-electron chi connectivity index (χ1n) is 6.11. The van der Waals surface area contributed by atoms with E-state index in [1.54, 1.807) is 18.2 Å². The minimum atomic E-state index is -0.344. The van der Waals surface area contributed by atoms with Gasteiger partial charge in [0.15, 0.2) is 0 Å². The smallest absolute Gasteiger partial charge is 0.244 e. The summed E-state index contributed by atoms with van der Waals surface area (Å²) in [6, 6.07) is 7.31. The molecule has 4 heteroatoms. The van der Waals surface area contributed by atoms with Crippen LogP contribution in [0.5, 0.6) is 0 Å². The fourth-order valence-electron chi connectivity index (χ4n) is 1.46. The number of benzene rings is 1. The molecule has 4 nitrogen and oxygen atoms in total. The number of hydrogen-bond acceptors (Lipinski definition) is 3. The van der Waals surface area contributed by atoms with E-state index in [0.717, 1.165) is 5.56 Å². The predicted octanol–water partition coefficient (Wildman–Crippen LogP) is 1.56. The average Bonchev–Trinajstić information content (AvgIpc) is 2.36. The summed E-state index contributed by atoms with van der Waals surface area (Å²) >= 11 is 0. The lowest BCUT2D eigenvalue weighted by Crippen LogP contribution is -2.25. The van der Waals surface area contributed by atoms with Gasteiger partial charge >= 0.3 is 0 Å². The maximum atomic E-state index is 11.5. The number of aliphatic hydroxyl groups is 1. The van der Waals surface area contributed by atoms with E-state index >= 15 is 0 Å². The van der Waals surface area contributed by atoms with Crippen LogP contribution in [-0.4, -0.2) is 23.7 Å². The summed E-state index contributed by atoms with van der Waals surface area (Å²) in [5.41, 5.74) is 7.19.